The Hall–Kier alpha value is -2.43. The van der Waals surface area contributed by atoms with Crippen molar-refractivity contribution in [1.29, 1.82) is 0 Å². The van der Waals surface area contributed by atoms with Crippen LogP contribution in [0.15, 0.2) is 36.5 Å². The Morgan fingerprint density at radius 1 is 1.28 bits per heavy atom. The number of amides is 1. The number of hydrogen-bond acceptors (Lipinski definition) is 4. The second kappa shape index (κ2) is 7.64. The Balaban J connectivity index is 1.78. The van der Waals surface area contributed by atoms with Gasteiger partial charge in [0, 0.05) is 25.0 Å². The SMILES string of the molecule is CC1CCCN(c2nccc(C(=O)Nc3ccccc3C(C)C)n2)C1. The van der Waals surface area contributed by atoms with Crippen molar-refractivity contribution in [3.8, 4) is 0 Å². The Bertz CT molecular complexity index is 744. The number of carbonyl (C=O) groups is 1. The van der Waals surface area contributed by atoms with Crippen molar-refractivity contribution in [2.75, 3.05) is 23.3 Å². The van der Waals surface area contributed by atoms with Crippen LogP contribution in [0.25, 0.3) is 0 Å². The number of para-hydroxylation sites is 1. The van der Waals surface area contributed by atoms with Gasteiger partial charge in [-0.05, 0) is 42.4 Å². The summed E-state index contributed by atoms with van der Waals surface area (Å²) in [6.07, 6.45) is 4.05. The molecule has 0 spiro atoms. The molecule has 1 aliphatic heterocycles. The molecule has 1 aromatic carbocycles. The van der Waals surface area contributed by atoms with Crippen LogP contribution in [-0.2, 0) is 0 Å². The number of piperidine rings is 1. The third kappa shape index (κ3) is 4.16. The van der Waals surface area contributed by atoms with E-state index in [9.17, 15) is 4.79 Å². The van der Waals surface area contributed by atoms with Crippen molar-refractivity contribution in [2.45, 2.75) is 39.5 Å². The molecule has 0 aliphatic carbocycles. The minimum atomic E-state index is -0.193. The number of aromatic nitrogens is 2. The van der Waals surface area contributed by atoms with E-state index in [1.807, 2.05) is 24.3 Å². The van der Waals surface area contributed by atoms with E-state index in [4.69, 9.17) is 0 Å². The monoisotopic (exact) mass is 338 g/mol. The van der Waals surface area contributed by atoms with Gasteiger partial charge in [-0.25, -0.2) is 9.97 Å². The van der Waals surface area contributed by atoms with Crippen molar-refractivity contribution in [3.05, 3.63) is 47.8 Å². The first kappa shape index (κ1) is 17.4. The molecule has 0 radical (unpaired) electrons. The molecule has 1 N–H and O–H groups in total. The van der Waals surface area contributed by atoms with Crippen molar-refractivity contribution >= 4 is 17.5 Å². The van der Waals surface area contributed by atoms with Crippen molar-refractivity contribution in [3.63, 3.8) is 0 Å². The number of benzene rings is 1. The summed E-state index contributed by atoms with van der Waals surface area (Å²) >= 11 is 0. The Labute approximate surface area is 149 Å². The van der Waals surface area contributed by atoms with Crippen LogP contribution in [0.3, 0.4) is 0 Å². The molecule has 1 unspecified atom stereocenters. The summed E-state index contributed by atoms with van der Waals surface area (Å²) in [7, 11) is 0. The van der Waals surface area contributed by atoms with Crippen LogP contribution in [0.2, 0.25) is 0 Å². The van der Waals surface area contributed by atoms with Crippen LogP contribution >= 0.6 is 0 Å². The maximum atomic E-state index is 12.7. The fraction of sp³-hybridized carbons (Fsp3) is 0.450. The van der Waals surface area contributed by atoms with Crippen LogP contribution in [0.5, 0.6) is 0 Å². The minimum absolute atomic E-state index is 0.193. The normalized spacial score (nSPS) is 17.6. The number of anilines is 2. The summed E-state index contributed by atoms with van der Waals surface area (Å²) in [4.78, 5) is 23.7. The maximum Gasteiger partial charge on any atom is 0.274 e. The predicted octanol–water partition coefficient (Wildman–Crippen LogP) is 4.09. The Kier molecular flexibility index (Phi) is 5.31. The summed E-state index contributed by atoms with van der Waals surface area (Å²) in [6, 6.07) is 9.57. The zero-order valence-corrected chi connectivity index (χ0v) is 15.2. The summed E-state index contributed by atoms with van der Waals surface area (Å²) < 4.78 is 0. The van der Waals surface area contributed by atoms with Gasteiger partial charge in [0.25, 0.3) is 5.91 Å². The average Bonchev–Trinajstić information content (AvgIpc) is 2.62. The standard InChI is InChI=1S/C20H26N4O/c1-14(2)16-8-4-5-9-17(16)22-19(25)18-10-11-21-20(23-18)24-12-6-7-15(3)13-24/h4-5,8-11,14-15H,6-7,12-13H2,1-3H3,(H,22,25). The quantitative estimate of drug-likeness (QED) is 0.912. The molecule has 1 aliphatic rings. The average molecular weight is 338 g/mol. The lowest BCUT2D eigenvalue weighted by atomic mass is 10.0. The molecule has 1 saturated heterocycles. The molecule has 1 atom stereocenters. The fourth-order valence-corrected chi connectivity index (χ4v) is 3.30. The van der Waals surface area contributed by atoms with E-state index in [0.717, 1.165) is 30.8 Å². The van der Waals surface area contributed by atoms with Crippen molar-refractivity contribution in [2.24, 2.45) is 5.92 Å². The minimum Gasteiger partial charge on any atom is -0.341 e. The summed E-state index contributed by atoms with van der Waals surface area (Å²) in [6.45, 7) is 8.37. The lowest BCUT2D eigenvalue weighted by molar-refractivity contribution is 0.102. The largest absolute Gasteiger partial charge is 0.341 e. The molecule has 25 heavy (non-hydrogen) atoms. The molecule has 0 bridgehead atoms. The number of hydrogen-bond donors (Lipinski definition) is 1. The van der Waals surface area contributed by atoms with E-state index < -0.39 is 0 Å². The Morgan fingerprint density at radius 2 is 2.08 bits per heavy atom. The van der Waals surface area contributed by atoms with E-state index in [1.54, 1.807) is 12.3 Å². The molecule has 1 aromatic heterocycles. The van der Waals surface area contributed by atoms with Crippen LogP contribution in [-0.4, -0.2) is 29.0 Å². The molecule has 1 amide bonds. The molecule has 5 nitrogen and oxygen atoms in total. The molecular weight excluding hydrogens is 312 g/mol. The number of carbonyl (C=O) groups excluding carboxylic acids is 1. The van der Waals surface area contributed by atoms with Gasteiger partial charge in [0.05, 0.1) is 0 Å². The molecule has 2 aromatic rings. The lowest BCUT2D eigenvalue weighted by Gasteiger charge is -2.30. The van der Waals surface area contributed by atoms with Gasteiger partial charge in [-0.15, -0.1) is 0 Å². The smallest absolute Gasteiger partial charge is 0.274 e. The molecular formula is C20H26N4O. The van der Waals surface area contributed by atoms with Crippen LogP contribution in [0, 0.1) is 5.92 Å². The first-order chi connectivity index (χ1) is 12.0. The maximum absolute atomic E-state index is 12.7. The molecule has 2 heterocycles. The van der Waals surface area contributed by atoms with E-state index >= 15 is 0 Å². The summed E-state index contributed by atoms with van der Waals surface area (Å²) in [5.41, 5.74) is 2.37. The van der Waals surface area contributed by atoms with E-state index in [0.29, 0.717) is 23.5 Å². The first-order valence-electron chi connectivity index (χ1n) is 9.03. The third-order valence-electron chi connectivity index (χ3n) is 4.65. The molecule has 132 valence electrons. The fourth-order valence-electron chi connectivity index (χ4n) is 3.30. The van der Waals surface area contributed by atoms with Gasteiger partial charge in [0.15, 0.2) is 0 Å². The van der Waals surface area contributed by atoms with Crippen molar-refractivity contribution in [1.82, 2.24) is 9.97 Å². The summed E-state index contributed by atoms with van der Waals surface area (Å²) in [5.74, 6) is 1.43. The highest BCUT2D eigenvalue weighted by Gasteiger charge is 2.20. The first-order valence-corrected chi connectivity index (χ1v) is 9.03. The van der Waals surface area contributed by atoms with E-state index in [-0.39, 0.29) is 5.91 Å². The Morgan fingerprint density at radius 3 is 2.84 bits per heavy atom. The van der Waals surface area contributed by atoms with Gasteiger partial charge >= 0.3 is 0 Å². The van der Waals surface area contributed by atoms with Gasteiger partial charge < -0.3 is 10.2 Å². The van der Waals surface area contributed by atoms with Gasteiger partial charge in [-0.1, -0.05) is 39.0 Å². The van der Waals surface area contributed by atoms with Gasteiger partial charge in [0.2, 0.25) is 5.95 Å². The van der Waals surface area contributed by atoms with Crippen LogP contribution in [0.4, 0.5) is 11.6 Å². The summed E-state index contributed by atoms with van der Waals surface area (Å²) in [5, 5.41) is 3.00. The zero-order chi connectivity index (χ0) is 17.8. The van der Waals surface area contributed by atoms with E-state index in [1.165, 1.54) is 6.42 Å². The highest BCUT2D eigenvalue weighted by atomic mass is 16.1. The topological polar surface area (TPSA) is 58.1 Å². The molecule has 0 saturated carbocycles. The number of nitrogens with zero attached hydrogens (tertiary/aromatic N) is 3. The zero-order valence-electron chi connectivity index (χ0n) is 15.2. The van der Waals surface area contributed by atoms with Gasteiger partial charge in [-0.2, -0.15) is 0 Å². The lowest BCUT2D eigenvalue weighted by Crippen LogP contribution is -2.35. The molecule has 3 rings (SSSR count). The van der Waals surface area contributed by atoms with Crippen molar-refractivity contribution < 1.29 is 4.79 Å². The highest BCUT2D eigenvalue weighted by Crippen LogP contribution is 2.24. The number of rotatable bonds is 4. The molecule has 1 fully saturated rings. The van der Waals surface area contributed by atoms with Gasteiger partial charge in [-0.3, -0.25) is 4.79 Å². The third-order valence-corrected chi connectivity index (χ3v) is 4.65. The number of nitrogens with one attached hydrogen (secondary N) is 1. The van der Waals surface area contributed by atoms with E-state index in [2.05, 4.69) is 41.0 Å². The van der Waals surface area contributed by atoms with Crippen LogP contribution in [0.1, 0.15) is 55.6 Å². The second-order valence-electron chi connectivity index (χ2n) is 7.13. The molecule has 5 heteroatoms. The van der Waals surface area contributed by atoms with Gasteiger partial charge in [0.1, 0.15) is 5.69 Å². The predicted molar refractivity (Wildman–Crippen MR) is 101 cm³/mol. The highest BCUT2D eigenvalue weighted by molar-refractivity contribution is 6.03. The second-order valence-corrected chi connectivity index (χ2v) is 7.13. The van der Waals surface area contributed by atoms with Crippen LogP contribution < -0.4 is 10.2 Å².